The van der Waals surface area contributed by atoms with Gasteiger partial charge in [0.25, 0.3) is 5.91 Å². The molecule has 35 heavy (non-hydrogen) atoms. The summed E-state index contributed by atoms with van der Waals surface area (Å²) in [6, 6.07) is 21.2. The fraction of sp³-hybridized carbons (Fsp3) is 0.259. The van der Waals surface area contributed by atoms with Gasteiger partial charge in [-0.25, -0.2) is 5.43 Å². The van der Waals surface area contributed by atoms with Crippen LogP contribution in [0.5, 0.6) is 11.5 Å². The topological polar surface area (TPSA) is 72.4 Å². The number of hydrogen-bond donors (Lipinski definition) is 1. The monoisotopic (exact) mass is 537 g/mol. The van der Waals surface area contributed by atoms with Crippen LogP contribution in [0.1, 0.15) is 27.0 Å². The number of carbonyl (C=O) groups is 1. The minimum absolute atomic E-state index is 0.270. The summed E-state index contributed by atoms with van der Waals surface area (Å²) >= 11 is 3.55. The van der Waals surface area contributed by atoms with Gasteiger partial charge in [0.2, 0.25) is 0 Å². The molecule has 3 aromatic rings. The second-order valence-corrected chi connectivity index (χ2v) is 8.95. The van der Waals surface area contributed by atoms with Crippen molar-refractivity contribution in [2.75, 3.05) is 33.4 Å². The van der Waals surface area contributed by atoms with Crippen LogP contribution < -0.4 is 14.9 Å². The van der Waals surface area contributed by atoms with Gasteiger partial charge in [0.1, 0.15) is 6.61 Å². The van der Waals surface area contributed by atoms with E-state index in [9.17, 15) is 4.79 Å². The molecule has 0 bridgehead atoms. The van der Waals surface area contributed by atoms with Crippen molar-refractivity contribution in [1.82, 2.24) is 10.3 Å². The lowest BCUT2D eigenvalue weighted by Gasteiger charge is -2.26. The van der Waals surface area contributed by atoms with Gasteiger partial charge >= 0.3 is 0 Å². The molecular weight excluding hydrogens is 510 g/mol. The predicted octanol–water partition coefficient (Wildman–Crippen LogP) is 4.63. The molecule has 4 rings (SSSR count). The Morgan fingerprint density at radius 3 is 2.54 bits per heavy atom. The fourth-order valence-electron chi connectivity index (χ4n) is 3.69. The lowest BCUT2D eigenvalue weighted by Crippen LogP contribution is -2.35. The molecule has 3 aromatic carbocycles. The van der Waals surface area contributed by atoms with Crippen LogP contribution in [0, 0.1) is 0 Å². The first kappa shape index (κ1) is 24.9. The van der Waals surface area contributed by atoms with Gasteiger partial charge in [-0.2, -0.15) is 5.10 Å². The smallest absolute Gasteiger partial charge is 0.271 e. The van der Waals surface area contributed by atoms with Gasteiger partial charge in [-0.15, -0.1) is 0 Å². The normalized spacial score (nSPS) is 14.1. The van der Waals surface area contributed by atoms with Gasteiger partial charge in [0.15, 0.2) is 11.5 Å². The van der Waals surface area contributed by atoms with E-state index in [-0.39, 0.29) is 5.91 Å². The Bertz CT molecular complexity index is 1150. The molecule has 8 heteroatoms. The highest BCUT2D eigenvalue weighted by atomic mass is 79.9. The molecule has 0 atom stereocenters. The molecule has 7 nitrogen and oxygen atoms in total. The van der Waals surface area contributed by atoms with Crippen molar-refractivity contribution in [3.05, 3.63) is 93.5 Å². The Morgan fingerprint density at radius 2 is 1.83 bits per heavy atom. The average molecular weight is 538 g/mol. The molecule has 1 fully saturated rings. The van der Waals surface area contributed by atoms with Gasteiger partial charge in [-0.05, 0) is 56.9 Å². The second-order valence-electron chi connectivity index (χ2n) is 8.09. The fourth-order valence-corrected chi connectivity index (χ4v) is 4.27. The standard InChI is InChI=1S/C27H28BrN3O4/c1-33-25-16-22(15-24(28)26(25)35-19-21-5-3-2-4-6-21)17-29-30-27(32)23-9-7-20(8-10-23)18-31-11-13-34-14-12-31/h2-10,15-17H,11-14,18-19H2,1H3,(H,30,32)/b29-17-. The summed E-state index contributed by atoms with van der Waals surface area (Å²) in [5.74, 6) is 0.904. The van der Waals surface area contributed by atoms with Gasteiger partial charge in [0, 0.05) is 25.2 Å². The number of nitrogens with one attached hydrogen (secondary N) is 1. The zero-order chi connectivity index (χ0) is 24.5. The molecule has 182 valence electrons. The molecule has 0 spiro atoms. The van der Waals surface area contributed by atoms with E-state index >= 15 is 0 Å². The zero-order valence-electron chi connectivity index (χ0n) is 19.6. The molecule has 1 aliphatic rings. The van der Waals surface area contributed by atoms with Crippen LogP contribution in [0.2, 0.25) is 0 Å². The molecule has 0 radical (unpaired) electrons. The first-order valence-corrected chi connectivity index (χ1v) is 12.2. The molecule has 0 saturated carbocycles. The number of benzene rings is 3. The first-order chi connectivity index (χ1) is 17.1. The van der Waals surface area contributed by atoms with E-state index in [1.165, 1.54) is 5.56 Å². The number of morpholine rings is 1. The highest BCUT2D eigenvalue weighted by Gasteiger charge is 2.13. The van der Waals surface area contributed by atoms with Crippen LogP contribution in [-0.4, -0.2) is 50.4 Å². The molecule has 0 aromatic heterocycles. The Balaban J connectivity index is 1.34. The van der Waals surface area contributed by atoms with E-state index in [1.54, 1.807) is 19.4 Å². The SMILES string of the molecule is COc1cc(/C=N\NC(=O)c2ccc(CN3CCOCC3)cc2)cc(Br)c1OCc1ccccc1. The average Bonchev–Trinajstić information content (AvgIpc) is 2.89. The van der Waals surface area contributed by atoms with E-state index in [2.05, 4.69) is 31.4 Å². The van der Waals surface area contributed by atoms with Crippen molar-refractivity contribution in [3.8, 4) is 11.5 Å². The summed E-state index contributed by atoms with van der Waals surface area (Å²) in [5.41, 5.74) is 6.11. The molecule has 1 saturated heterocycles. The van der Waals surface area contributed by atoms with Crippen LogP contribution in [0.3, 0.4) is 0 Å². The van der Waals surface area contributed by atoms with Crippen molar-refractivity contribution < 1.29 is 19.0 Å². The third-order valence-electron chi connectivity index (χ3n) is 5.58. The number of rotatable bonds is 9. The quantitative estimate of drug-likeness (QED) is 0.318. The molecule has 1 heterocycles. The first-order valence-electron chi connectivity index (χ1n) is 11.4. The number of carbonyl (C=O) groups excluding carboxylic acids is 1. The maximum absolute atomic E-state index is 12.5. The van der Waals surface area contributed by atoms with E-state index in [0.717, 1.165) is 48.4 Å². The van der Waals surface area contributed by atoms with Gasteiger partial charge < -0.3 is 14.2 Å². The summed E-state index contributed by atoms with van der Waals surface area (Å²) < 4.78 is 17.6. The number of methoxy groups -OCH3 is 1. The van der Waals surface area contributed by atoms with E-state index in [0.29, 0.717) is 23.7 Å². The number of ether oxygens (including phenoxy) is 3. The summed E-state index contributed by atoms with van der Waals surface area (Å²) in [7, 11) is 1.59. The number of nitrogens with zero attached hydrogens (tertiary/aromatic N) is 2. The Labute approximate surface area is 213 Å². The minimum atomic E-state index is -0.270. The van der Waals surface area contributed by atoms with Crippen molar-refractivity contribution in [3.63, 3.8) is 0 Å². The van der Waals surface area contributed by atoms with Crippen LogP contribution >= 0.6 is 15.9 Å². The maximum Gasteiger partial charge on any atom is 0.271 e. The van der Waals surface area contributed by atoms with Gasteiger partial charge in [0.05, 0.1) is 31.0 Å². The third-order valence-corrected chi connectivity index (χ3v) is 6.17. The molecule has 1 amide bonds. The number of hydrazone groups is 1. The molecular formula is C27H28BrN3O4. The van der Waals surface area contributed by atoms with E-state index in [1.807, 2.05) is 60.7 Å². The lowest BCUT2D eigenvalue weighted by molar-refractivity contribution is 0.0342. The van der Waals surface area contributed by atoms with E-state index < -0.39 is 0 Å². The Hall–Kier alpha value is -3.20. The molecule has 0 unspecified atom stereocenters. The summed E-state index contributed by atoms with van der Waals surface area (Å²) in [4.78, 5) is 14.8. The van der Waals surface area contributed by atoms with Crippen LogP contribution in [-0.2, 0) is 17.9 Å². The maximum atomic E-state index is 12.5. The van der Waals surface area contributed by atoms with Crippen molar-refractivity contribution >= 4 is 28.1 Å². The molecule has 1 N–H and O–H groups in total. The van der Waals surface area contributed by atoms with Gasteiger partial charge in [-0.3, -0.25) is 9.69 Å². The van der Waals surface area contributed by atoms with Crippen molar-refractivity contribution in [1.29, 1.82) is 0 Å². The summed E-state index contributed by atoms with van der Waals surface area (Å²) in [6.07, 6.45) is 1.57. The summed E-state index contributed by atoms with van der Waals surface area (Å²) in [5, 5.41) is 4.11. The largest absolute Gasteiger partial charge is 0.493 e. The highest BCUT2D eigenvalue weighted by molar-refractivity contribution is 9.10. The third kappa shape index (κ3) is 7.14. The van der Waals surface area contributed by atoms with Crippen molar-refractivity contribution in [2.45, 2.75) is 13.2 Å². The van der Waals surface area contributed by atoms with Crippen LogP contribution in [0.15, 0.2) is 76.3 Å². The highest BCUT2D eigenvalue weighted by Crippen LogP contribution is 2.36. The second kappa shape index (κ2) is 12.5. The van der Waals surface area contributed by atoms with Crippen molar-refractivity contribution in [2.24, 2.45) is 5.10 Å². The molecule has 0 aliphatic carbocycles. The zero-order valence-corrected chi connectivity index (χ0v) is 21.2. The predicted molar refractivity (Wildman–Crippen MR) is 139 cm³/mol. The number of amides is 1. The van der Waals surface area contributed by atoms with Gasteiger partial charge in [-0.1, -0.05) is 42.5 Å². The lowest BCUT2D eigenvalue weighted by atomic mass is 10.1. The van der Waals surface area contributed by atoms with Crippen LogP contribution in [0.25, 0.3) is 0 Å². The Kier molecular flexibility index (Phi) is 8.89. The molecule has 1 aliphatic heterocycles. The summed E-state index contributed by atoms with van der Waals surface area (Å²) in [6.45, 7) is 4.67. The Morgan fingerprint density at radius 1 is 1.09 bits per heavy atom. The number of hydrogen-bond acceptors (Lipinski definition) is 6. The van der Waals surface area contributed by atoms with E-state index in [4.69, 9.17) is 14.2 Å². The minimum Gasteiger partial charge on any atom is -0.493 e. The van der Waals surface area contributed by atoms with Crippen LogP contribution in [0.4, 0.5) is 0 Å². The number of halogens is 1.